The minimum absolute atomic E-state index is 0.611. The second kappa shape index (κ2) is 4.51. The summed E-state index contributed by atoms with van der Waals surface area (Å²) in [6.45, 7) is 8.09. The third-order valence-corrected chi connectivity index (χ3v) is 1.40. The maximum atomic E-state index is 11.6. The Morgan fingerprint density at radius 3 is 1.73 bits per heavy atom. The van der Waals surface area contributed by atoms with Crippen LogP contribution in [0, 0.1) is 0 Å². The topological polar surface area (TPSA) is 61.8 Å². The van der Waals surface area contributed by atoms with E-state index < -0.39 is 23.3 Å². The average Bonchev–Trinajstić information content (AvgIpc) is 2.00. The van der Waals surface area contributed by atoms with Crippen molar-refractivity contribution >= 4 is 12.1 Å². The molecule has 5 heteroatoms. The van der Waals surface area contributed by atoms with Crippen LogP contribution >= 0.6 is 0 Å². The molecule has 0 rings (SSSR count). The van der Waals surface area contributed by atoms with Crippen LogP contribution in [0.1, 0.15) is 34.6 Å². The van der Waals surface area contributed by atoms with Crippen molar-refractivity contribution in [1.29, 1.82) is 0 Å². The van der Waals surface area contributed by atoms with Gasteiger partial charge in [0, 0.05) is 0 Å². The Balaban J connectivity index is 4.46. The number of carbonyl (C=O) groups is 2. The number of hydrogen-bond donors (Lipinski definition) is 0. The SMILES string of the molecule is COC(=O)OC(C)(C)C(=O)OC(C)(C)C. The molecule has 0 unspecified atom stereocenters. The molecule has 15 heavy (non-hydrogen) atoms. The summed E-state index contributed by atoms with van der Waals surface area (Å²) in [6.07, 6.45) is -0.911. The number of esters is 1. The van der Waals surface area contributed by atoms with Gasteiger partial charge in [0.2, 0.25) is 5.60 Å². The molecule has 0 saturated heterocycles. The van der Waals surface area contributed by atoms with Gasteiger partial charge in [-0.15, -0.1) is 0 Å². The van der Waals surface area contributed by atoms with E-state index in [1.165, 1.54) is 21.0 Å². The highest BCUT2D eigenvalue weighted by Crippen LogP contribution is 2.17. The number of methoxy groups -OCH3 is 1. The van der Waals surface area contributed by atoms with Crippen LogP contribution in [0.2, 0.25) is 0 Å². The summed E-state index contributed by atoms with van der Waals surface area (Å²) in [5.41, 5.74) is -1.96. The second-order valence-electron chi connectivity index (χ2n) is 4.57. The van der Waals surface area contributed by atoms with Crippen molar-refractivity contribution in [3.8, 4) is 0 Å². The maximum absolute atomic E-state index is 11.6. The minimum atomic E-state index is -1.35. The molecule has 0 radical (unpaired) electrons. The van der Waals surface area contributed by atoms with Crippen molar-refractivity contribution in [2.24, 2.45) is 0 Å². The molecule has 0 aliphatic heterocycles. The van der Waals surface area contributed by atoms with Crippen molar-refractivity contribution in [3.05, 3.63) is 0 Å². The van der Waals surface area contributed by atoms with Crippen molar-refractivity contribution in [3.63, 3.8) is 0 Å². The molecular formula is C10H18O5. The molecule has 0 heterocycles. The molecule has 5 nitrogen and oxygen atoms in total. The summed E-state index contributed by atoms with van der Waals surface area (Å²) in [4.78, 5) is 22.4. The molecule has 0 spiro atoms. The Morgan fingerprint density at radius 1 is 0.933 bits per heavy atom. The van der Waals surface area contributed by atoms with Gasteiger partial charge in [0.15, 0.2) is 0 Å². The van der Waals surface area contributed by atoms with E-state index >= 15 is 0 Å². The summed E-state index contributed by atoms with van der Waals surface area (Å²) in [7, 11) is 1.17. The van der Waals surface area contributed by atoms with Gasteiger partial charge in [0.05, 0.1) is 7.11 Å². The molecule has 0 amide bonds. The fourth-order valence-corrected chi connectivity index (χ4v) is 0.693. The van der Waals surface area contributed by atoms with Crippen LogP contribution in [0.5, 0.6) is 0 Å². The molecule has 0 bridgehead atoms. The van der Waals surface area contributed by atoms with Crippen molar-refractivity contribution in [1.82, 2.24) is 0 Å². The lowest BCUT2D eigenvalue weighted by molar-refractivity contribution is -0.175. The number of rotatable bonds is 2. The van der Waals surface area contributed by atoms with E-state index in [1.54, 1.807) is 20.8 Å². The number of carbonyl (C=O) groups excluding carboxylic acids is 2. The summed E-state index contributed by atoms with van der Waals surface area (Å²) in [5.74, 6) is -0.611. The molecule has 0 fully saturated rings. The molecule has 0 atom stereocenters. The summed E-state index contributed by atoms with van der Waals surface area (Å²) in [5, 5.41) is 0. The van der Waals surface area contributed by atoms with Crippen LogP contribution in [0.25, 0.3) is 0 Å². The van der Waals surface area contributed by atoms with Gasteiger partial charge in [-0.1, -0.05) is 0 Å². The quantitative estimate of drug-likeness (QED) is 0.662. The molecule has 0 N–H and O–H groups in total. The zero-order valence-corrected chi connectivity index (χ0v) is 10.0. The lowest BCUT2D eigenvalue weighted by Gasteiger charge is -2.27. The van der Waals surface area contributed by atoms with Crippen LogP contribution in [0.15, 0.2) is 0 Å². The highest BCUT2D eigenvalue weighted by molar-refractivity contribution is 5.81. The largest absolute Gasteiger partial charge is 0.509 e. The Labute approximate surface area is 89.7 Å². The lowest BCUT2D eigenvalue weighted by Crippen LogP contribution is -2.42. The molecule has 0 aromatic rings. The van der Waals surface area contributed by atoms with Gasteiger partial charge >= 0.3 is 12.1 Å². The Kier molecular flexibility index (Phi) is 4.13. The first-order valence-corrected chi connectivity index (χ1v) is 4.59. The minimum Gasteiger partial charge on any atom is -0.457 e. The Hall–Kier alpha value is -1.26. The van der Waals surface area contributed by atoms with Crippen LogP contribution in [-0.2, 0) is 19.0 Å². The standard InChI is InChI=1S/C10H18O5/c1-9(2,3)14-7(11)10(4,5)15-8(12)13-6/h1-6H3. The molecular weight excluding hydrogens is 200 g/mol. The van der Waals surface area contributed by atoms with E-state index in [1.807, 2.05) is 0 Å². The zero-order chi connectivity index (χ0) is 12.3. The summed E-state index contributed by atoms with van der Waals surface area (Å²) < 4.78 is 14.1. The smallest absolute Gasteiger partial charge is 0.457 e. The predicted octanol–water partition coefficient (Wildman–Crippen LogP) is 1.89. The number of hydrogen-bond acceptors (Lipinski definition) is 5. The van der Waals surface area contributed by atoms with Gasteiger partial charge in [0.1, 0.15) is 5.60 Å². The zero-order valence-electron chi connectivity index (χ0n) is 10.0. The maximum Gasteiger partial charge on any atom is 0.509 e. The first-order chi connectivity index (χ1) is 6.58. The van der Waals surface area contributed by atoms with E-state index in [-0.39, 0.29) is 0 Å². The van der Waals surface area contributed by atoms with Gasteiger partial charge in [-0.25, -0.2) is 9.59 Å². The molecule has 0 aliphatic rings. The normalized spacial score (nSPS) is 11.9. The third kappa shape index (κ3) is 5.24. The van der Waals surface area contributed by atoms with E-state index in [2.05, 4.69) is 4.74 Å². The highest BCUT2D eigenvalue weighted by atomic mass is 16.7. The van der Waals surface area contributed by atoms with Gasteiger partial charge in [-0.2, -0.15) is 0 Å². The monoisotopic (exact) mass is 218 g/mol. The van der Waals surface area contributed by atoms with E-state index in [4.69, 9.17) is 9.47 Å². The molecule has 0 aromatic carbocycles. The van der Waals surface area contributed by atoms with Crippen LogP contribution in [-0.4, -0.2) is 30.4 Å². The van der Waals surface area contributed by atoms with Gasteiger partial charge in [-0.05, 0) is 34.6 Å². The highest BCUT2D eigenvalue weighted by Gasteiger charge is 2.36. The molecule has 0 aromatic heterocycles. The summed E-state index contributed by atoms with van der Waals surface area (Å²) >= 11 is 0. The van der Waals surface area contributed by atoms with Gasteiger partial charge in [0.25, 0.3) is 0 Å². The van der Waals surface area contributed by atoms with Crippen molar-refractivity contribution in [2.75, 3.05) is 7.11 Å². The van der Waals surface area contributed by atoms with Crippen LogP contribution in [0.4, 0.5) is 4.79 Å². The molecule has 0 saturated carbocycles. The van der Waals surface area contributed by atoms with Crippen LogP contribution < -0.4 is 0 Å². The molecule has 88 valence electrons. The lowest BCUT2D eigenvalue weighted by atomic mass is 10.1. The first-order valence-electron chi connectivity index (χ1n) is 4.59. The van der Waals surface area contributed by atoms with E-state index in [0.29, 0.717) is 0 Å². The van der Waals surface area contributed by atoms with Crippen LogP contribution in [0.3, 0.4) is 0 Å². The van der Waals surface area contributed by atoms with Gasteiger partial charge < -0.3 is 14.2 Å². The second-order valence-corrected chi connectivity index (χ2v) is 4.57. The summed E-state index contributed by atoms with van der Waals surface area (Å²) in [6, 6.07) is 0. The number of ether oxygens (including phenoxy) is 3. The predicted molar refractivity (Wildman–Crippen MR) is 53.4 cm³/mol. The van der Waals surface area contributed by atoms with Gasteiger partial charge in [-0.3, -0.25) is 0 Å². The van der Waals surface area contributed by atoms with Crippen molar-refractivity contribution < 1.29 is 23.8 Å². The van der Waals surface area contributed by atoms with E-state index in [0.717, 1.165) is 0 Å². The van der Waals surface area contributed by atoms with E-state index in [9.17, 15) is 9.59 Å². The fraction of sp³-hybridized carbons (Fsp3) is 0.800. The fourth-order valence-electron chi connectivity index (χ4n) is 0.693. The van der Waals surface area contributed by atoms with Crippen molar-refractivity contribution in [2.45, 2.75) is 45.8 Å². The molecule has 0 aliphatic carbocycles. The Bertz CT molecular complexity index is 249. The first kappa shape index (κ1) is 13.7. The Morgan fingerprint density at radius 2 is 1.40 bits per heavy atom. The third-order valence-electron chi connectivity index (χ3n) is 1.40. The average molecular weight is 218 g/mol.